The van der Waals surface area contributed by atoms with Crippen LogP contribution in [0.2, 0.25) is 0 Å². The van der Waals surface area contributed by atoms with Gasteiger partial charge in [0.15, 0.2) is 0 Å². The molecule has 0 saturated heterocycles. The second-order valence-corrected chi connectivity index (χ2v) is 27.5. The van der Waals surface area contributed by atoms with E-state index in [1.807, 2.05) is 18.2 Å². The first-order chi connectivity index (χ1) is 34.3. The van der Waals surface area contributed by atoms with Crippen LogP contribution in [-0.4, -0.2) is 69.0 Å². The summed E-state index contributed by atoms with van der Waals surface area (Å²) in [6, 6.07) is 8.15. The summed E-state index contributed by atoms with van der Waals surface area (Å²) in [5, 5.41) is 31.1. The number of esters is 2. The minimum atomic E-state index is -0.344. The third kappa shape index (κ3) is 10.3. The van der Waals surface area contributed by atoms with Gasteiger partial charge in [-0.2, -0.15) is 0 Å². The van der Waals surface area contributed by atoms with Gasteiger partial charge in [-0.1, -0.05) is 97.7 Å². The number of aliphatic hydroxyl groups excluding tert-OH is 2. The first-order valence-electron chi connectivity index (χ1n) is 28.8. The highest BCUT2D eigenvalue weighted by atomic mass is 79.9. The van der Waals surface area contributed by atoms with Crippen molar-refractivity contribution < 1.29 is 38.9 Å². The molecule has 0 heterocycles. The Kier molecular flexibility index (Phi) is 16.8. The lowest BCUT2D eigenvalue weighted by molar-refractivity contribution is -0.181. The number of hydrogen-bond acceptors (Lipinski definition) is 8. The molecule has 8 saturated carbocycles. The van der Waals surface area contributed by atoms with Crippen molar-refractivity contribution in [2.45, 2.75) is 207 Å². The number of aliphatic hydroxyl groups is 2. The van der Waals surface area contributed by atoms with Gasteiger partial charge in [-0.05, 0) is 219 Å². The summed E-state index contributed by atoms with van der Waals surface area (Å²) in [6.07, 6.45) is 18.8. The molecule has 10 nitrogen and oxygen atoms in total. The van der Waals surface area contributed by atoms with E-state index in [4.69, 9.17) is 9.47 Å². The highest BCUT2D eigenvalue weighted by molar-refractivity contribution is 9.09. The van der Waals surface area contributed by atoms with Gasteiger partial charge in [0.25, 0.3) is 0 Å². The van der Waals surface area contributed by atoms with Crippen molar-refractivity contribution in [2.24, 2.45) is 92.7 Å². The molecule has 0 unspecified atom stereocenters. The van der Waals surface area contributed by atoms with Gasteiger partial charge < -0.3 is 30.3 Å². The van der Waals surface area contributed by atoms with Gasteiger partial charge in [0.05, 0.1) is 12.2 Å². The van der Waals surface area contributed by atoms with Crippen molar-refractivity contribution in [3.63, 3.8) is 0 Å². The maximum Gasteiger partial charge on any atom is 0.316 e. The number of fused-ring (bicyclic) bond motifs is 10. The van der Waals surface area contributed by atoms with Crippen LogP contribution in [0.1, 0.15) is 181 Å². The number of carbonyl (C=O) groups is 4. The Balaban J connectivity index is 0.701. The van der Waals surface area contributed by atoms with Crippen molar-refractivity contribution in [2.75, 3.05) is 10.7 Å². The third-order valence-electron chi connectivity index (χ3n) is 23.4. The monoisotopic (exact) mass is 1120 g/mol. The van der Waals surface area contributed by atoms with Gasteiger partial charge >= 0.3 is 11.9 Å². The number of nitrogens with one attached hydrogen (secondary N) is 2. The molecule has 0 spiro atoms. The molecule has 0 bridgehead atoms. The second-order valence-electron chi connectivity index (χ2n) is 26.4. The fraction of sp³-hybridized carbons (Fsp3) is 0.833. The summed E-state index contributed by atoms with van der Waals surface area (Å²) in [7, 11) is 0. The van der Waals surface area contributed by atoms with Crippen LogP contribution in [0, 0.1) is 92.7 Å². The predicted molar refractivity (Wildman–Crippen MR) is 287 cm³/mol. The van der Waals surface area contributed by atoms with Crippen LogP contribution in [-0.2, 0) is 41.7 Å². The Morgan fingerprint density at radius 2 is 1.01 bits per heavy atom. The molecule has 20 atom stereocenters. The van der Waals surface area contributed by atoms with Crippen LogP contribution in [0.25, 0.3) is 0 Å². The topological polar surface area (TPSA) is 151 Å². The van der Waals surface area contributed by atoms with E-state index in [9.17, 15) is 29.4 Å². The molecule has 402 valence electrons. The number of halogens is 2. The highest BCUT2D eigenvalue weighted by Gasteiger charge is 2.66. The largest absolute Gasteiger partial charge is 0.462 e. The summed E-state index contributed by atoms with van der Waals surface area (Å²) in [5.74, 6) is 5.57. The Bertz CT molecular complexity index is 1980. The van der Waals surface area contributed by atoms with Gasteiger partial charge in [0, 0.05) is 25.9 Å². The van der Waals surface area contributed by atoms with Crippen molar-refractivity contribution in [3.8, 4) is 0 Å². The molecule has 0 radical (unpaired) electrons. The van der Waals surface area contributed by atoms with Gasteiger partial charge in [0.2, 0.25) is 11.8 Å². The molecule has 0 aliphatic heterocycles. The number of alkyl halides is 2. The average Bonchev–Trinajstić information content (AvgIpc) is 3.93. The Morgan fingerprint density at radius 3 is 1.42 bits per heavy atom. The van der Waals surface area contributed by atoms with Gasteiger partial charge in [0.1, 0.15) is 22.9 Å². The molecular formula is C60H90Br2N2O8. The summed E-state index contributed by atoms with van der Waals surface area (Å²) < 4.78 is 11.6. The standard InChI is InChI=1S/C60H90Br2N2O8/c1-35(45-16-18-47-43-14-12-39-27-41(71-55(69)31-61)22-24-57(39,3)49(43)29-51(65)59(45,47)5)10-20-53(67)63-33-37-8-7-9-38(26-37)34-64-54(68)21-11-36(2)46-17-19-48-44-15-13-40-28-42(72-56(70)32-62)23-25-58(40,4)50(44)30-52(66)60(46,48)6/h7-9,26,35-36,39-52,65-66H,10-25,27-34H2,1-6H3,(H,63,67)(H,64,68)/t35-,36-,39-,40-,41-,42-,43+,44+,45-,46-,47+,48+,49+,50+,51+,52+,57+,58+,59-,60-/m1/s1. The highest BCUT2D eigenvalue weighted by Crippen LogP contribution is 2.70. The van der Waals surface area contributed by atoms with E-state index in [1.165, 1.54) is 25.7 Å². The molecule has 8 aliphatic carbocycles. The van der Waals surface area contributed by atoms with Crippen molar-refractivity contribution in [1.29, 1.82) is 0 Å². The molecule has 1 aromatic rings. The van der Waals surface area contributed by atoms with Crippen molar-refractivity contribution >= 4 is 55.6 Å². The second kappa shape index (κ2) is 22.1. The Morgan fingerprint density at radius 1 is 0.597 bits per heavy atom. The molecule has 2 amide bonds. The zero-order chi connectivity index (χ0) is 51.3. The van der Waals surface area contributed by atoms with E-state index >= 15 is 0 Å². The number of hydrogen-bond donors (Lipinski definition) is 4. The molecule has 8 aliphatic rings. The predicted octanol–water partition coefficient (Wildman–Crippen LogP) is 11.6. The van der Waals surface area contributed by atoms with E-state index in [2.05, 4.69) is 90.1 Å². The lowest BCUT2D eigenvalue weighted by atomic mass is 9.43. The van der Waals surface area contributed by atoms with E-state index in [-0.39, 0.29) is 80.5 Å². The minimum Gasteiger partial charge on any atom is -0.462 e. The van der Waals surface area contributed by atoms with E-state index in [1.54, 1.807) is 0 Å². The van der Waals surface area contributed by atoms with Crippen molar-refractivity contribution in [3.05, 3.63) is 35.4 Å². The molecule has 9 rings (SSSR count). The SMILES string of the molecule is C[C@H](CCC(=O)NCc1cccc(CNC(=O)CC[C@@H](C)[C@H]2CC[C@H]3[C@@H]4CC[C@@H]5C[C@H](OC(=O)CBr)CC[C@]5(C)[C@H]4C[C@H](O)[C@]23C)c1)[C@H]1CC[C@H]2[C@@H]3CC[C@@H]4C[C@H](OC(=O)CBr)CC[C@]4(C)[C@H]3C[C@H](O)[C@]12C. The first-order valence-corrected chi connectivity index (χ1v) is 31.1. The van der Waals surface area contributed by atoms with Crippen molar-refractivity contribution in [1.82, 2.24) is 10.6 Å². The fourth-order valence-corrected chi connectivity index (χ4v) is 19.7. The van der Waals surface area contributed by atoms with Gasteiger partial charge in [-0.25, -0.2) is 0 Å². The van der Waals surface area contributed by atoms with Crippen LogP contribution in [0.3, 0.4) is 0 Å². The molecule has 8 fully saturated rings. The van der Waals surface area contributed by atoms with Crippen LogP contribution in [0.15, 0.2) is 24.3 Å². The maximum atomic E-state index is 13.4. The summed E-state index contributed by atoms with van der Waals surface area (Å²) in [4.78, 5) is 50.8. The van der Waals surface area contributed by atoms with E-state index < -0.39 is 0 Å². The molecule has 12 heteroatoms. The molecule has 1 aromatic carbocycles. The molecular weight excluding hydrogens is 1040 g/mol. The van der Waals surface area contributed by atoms with Crippen LogP contribution in [0.5, 0.6) is 0 Å². The molecule has 72 heavy (non-hydrogen) atoms. The number of rotatable bonds is 16. The molecule has 0 aromatic heterocycles. The fourth-order valence-electron chi connectivity index (χ4n) is 19.5. The normalized spacial score (nSPS) is 42.8. The van der Waals surface area contributed by atoms with Crippen LogP contribution < -0.4 is 10.6 Å². The number of ether oxygens (including phenoxy) is 2. The lowest BCUT2D eigenvalue weighted by Gasteiger charge is -2.62. The quantitative estimate of drug-likeness (QED) is 0.0944. The van der Waals surface area contributed by atoms with E-state index in [0.29, 0.717) is 96.9 Å². The lowest BCUT2D eigenvalue weighted by Crippen LogP contribution is -2.59. The number of benzene rings is 1. The summed E-state index contributed by atoms with van der Waals surface area (Å²) in [6.45, 7) is 15.2. The van der Waals surface area contributed by atoms with Gasteiger partial charge in [-0.15, -0.1) is 0 Å². The summed E-state index contributed by atoms with van der Waals surface area (Å²) >= 11 is 6.51. The maximum absolute atomic E-state index is 13.4. The van der Waals surface area contributed by atoms with E-state index in [0.717, 1.165) is 101 Å². The zero-order valence-electron chi connectivity index (χ0n) is 44.6. The minimum absolute atomic E-state index is 0.0132. The number of carbonyl (C=O) groups excluding carboxylic acids is 4. The van der Waals surface area contributed by atoms with Crippen LogP contribution in [0.4, 0.5) is 0 Å². The molecule has 4 N–H and O–H groups in total. The smallest absolute Gasteiger partial charge is 0.316 e. The number of amides is 2. The van der Waals surface area contributed by atoms with Gasteiger partial charge in [-0.3, -0.25) is 19.2 Å². The average molecular weight is 1130 g/mol. The third-order valence-corrected chi connectivity index (χ3v) is 24.3. The Hall–Kier alpha value is -2.02. The zero-order valence-corrected chi connectivity index (χ0v) is 47.8. The summed E-state index contributed by atoms with van der Waals surface area (Å²) in [5.41, 5.74) is 2.12. The first kappa shape index (κ1) is 54.8. The Labute approximate surface area is 448 Å². The van der Waals surface area contributed by atoms with Crippen LogP contribution >= 0.6 is 31.9 Å².